The van der Waals surface area contributed by atoms with Gasteiger partial charge in [0, 0.05) is 10.8 Å². The fraction of sp³-hybridized carbons (Fsp3) is 0.227. The van der Waals surface area contributed by atoms with Crippen molar-refractivity contribution in [3.63, 3.8) is 0 Å². The van der Waals surface area contributed by atoms with E-state index in [0.29, 0.717) is 34.3 Å². The van der Waals surface area contributed by atoms with E-state index in [4.69, 9.17) is 4.42 Å². The zero-order chi connectivity index (χ0) is 20.4. The number of aliphatic hydroxyl groups excluding tert-OH is 1. The molecule has 7 nitrogen and oxygen atoms in total. The Bertz CT molecular complexity index is 1290. The SMILES string of the molecule is C[C@@H](O)[C@H]1C(=O)N2C(C(=O)O)=C(c3cc(C#N)c4oc5ccccc5c4c3)C[C@H]12. The number of nitriles is 1. The van der Waals surface area contributed by atoms with Crippen molar-refractivity contribution in [3.05, 3.63) is 53.2 Å². The minimum atomic E-state index is -1.20. The number of hydrogen-bond acceptors (Lipinski definition) is 5. The first-order chi connectivity index (χ1) is 13.9. The Labute approximate surface area is 165 Å². The molecule has 3 atom stereocenters. The number of rotatable bonds is 3. The summed E-state index contributed by atoms with van der Waals surface area (Å²) in [5, 5.41) is 30.9. The average molecular weight is 388 g/mol. The molecular weight excluding hydrogens is 372 g/mol. The van der Waals surface area contributed by atoms with Crippen LogP contribution in [0.4, 0.5) is 0 Å². The summed E-state index contributed by atoms with van der Waals surface area (Å²) in [6, 6.07) is 12.6. The van der Waals surface area contributed by atoms with Crippen LogP contribution in [0.2, 0.25) is 0 Å². The van der Waals surface area contributed by atoms with Gasteiger partial charge >= 0.3 is 5.97 Å². The molecule has 144 valence electrons. The Morgan fingerprint density at radius 3 is 2.76 bits per heavy atom. The van der Waals surface area contributed by atoms with Crippen LogP contribution in [0.5, 0.6) is 0 Å². The third kappa shape index (κ3) is 2.27. The van der Waals surface area contributed by atoms with Crippen LogP contribution in [0.3, 0.4) is 0 Å². The smallest absolute Gasteiger partial charge is 0.352 e. The van der Waals surface area contributed by atoms with Gasteiger partial charge in [-0.25, -0.2) is 4.79 Å². The molecule has 5 rings (SSSR count). The van der Waals surface area contributed by atoms with E-state index in [-0.39, 0.29) is 17.6 Å². The highest BCUT2D eigenvalue weighted by molar-refractivity contribution is 6.10. The van der Waals surface area contributed by atoms with Gasteiger partial charge in [0.1, 0.15) is 17.3 Å². The second-order valence-corrected chi connectivity index (χ2v) is 7.49. The summed E-state index contributed by atoms with van der Waals surface area (Å²) in [5.41, 5.74) is 2.39. The number of carbonyl (C=O) groups excluding carboxylic acids is 1. The second-order valence-electron chi connectivity index (χ2n) is 7.49. The molecule has 0 radical (unpaired) electrons. The fourth-order valence-corrected chi connectivity index (χ4v) is 4.61. The van der Waals surface area contributed by atoms with E-state index in [1.165, 1.54) is 11.8 Å². The molecular formula is C22H16N2O5. The van der Waals surface area contributed by atoms with Crippen molar-refractivity contribution in [2.45, 2.75) is 25.5 Å². The van der Waals surface area contributed by atoms with Gasteiger partial charge in [0.05, 0.1) is 23.6 Å². The maximum atomic E-state index is 12.4. The van der Waals surface area contributed by atoms with E-state index >= 15 is 0 Å². The number of hydrogen-bond donors (Lipinski definition) is 2. The van der Waals surface area contributed by atoms with Crippen LogP contribution in [-0.4, -0.2) is 39.1 Å². The van der Waals surface area contributed by atoms with Gasteiger partial charge in [-0.3, -0.25) is 4.79 Å². The van der Waals surface area contributed by atoms with E-state index in [2.05, 4.69) is 6.07 Å². The monoisotopic (exact) mass is 388 g/mol. The Kier molecular flexibility index (Phi) is 3.57. The number of carbonyl (C=O) groups is 2. The maximum absolute atomic E-state index is 12.4. The Morgan fingerprint density at radius 2 is 2.07 bits per heavy atom. The molecule has 0 unspecified atom stereocenters. The number of para-hydroxylation sites is 1. The highest BCUT2D eigenvalue weighted by Crippen LogP contribution is 2.47. The highest BCUT2D eigenvalue weighted by Gasteiger charge is 2.56. The summed E-state index contributed by atoms with van der Waals surface area (Å²) in [7, 11) is 0. The lowest BCUT2D eigenvalue weighted by molar-refractivity contribution is -0.161. The van der Waals surface area contributed by atoms with Crippen molar-refractivity contribution in [1.29, 1.82) is 5.26 Å². The lowest BCUT2D eigenvalue weighted by atomic mass is 9.82. The highest BCUT2D eigenvalue weighted by atomic mass is 16.4. The number of fused-ring (bicyclic) bond motifs is 4. The summed E-state index contributed by atoms with van der Waals surface area (Å²) in [6.07, 6.45) is -0.539. The number of carboxylic acid groups (broad SMARTS) is 1. The number of β-lactam (4-membered cyclic amide) rings is 1. The summed E-state index contributed by atoms with van der Waals surface area (Å²) >= 11 is 0. The number of furan rings is 1. The molecule has 2 aromatic carbocycles. The molecule has 29 heavy (non-hydrogen) atoms. The zero-order valence-electron chi connectivity index (χ0n) is 15.4. The molecule has 2 aliphatic rings. The molecule has 3 aromatic rings. The maximum Gasteiger partial charge on any atom is 0.352 e. The number of aliphatic hydroxyl groups is 1. The Hall–Kier alpha value is -3.63. The first kappa shape index (κ1) is 17.5. The van der Waals surface area contributed by atoms with Crippen LogP contribution in [0.25, 0.3) is 27.5 Å². The Morgan fingerprint density at radius 1 is 1.31 bits per heavy atom. The lowest BCUT2D eigenvalue weighted by Crippen LogP contribution is -2.61. The predicted molar refractivity (Wildman–Crippen MR) is 103 cm³/mol. The molecule has 0 bridgehead atoms. The molecule has 7 heteroatoms. The standard InChI is InChI=1S/C22H16N2O5/c1-10(25)18-16-8-14(19(22(27)28)24(16)21(18)26)11-6-12(9-23)20-15(7-11)13-4-2-3-5-17(13)29-20/h2-7,10,16,18,25H,8H2,1H3,(H,27,28)/t10-,16-,18-/m1/s1. The number of carboxylic acids is 1. The second kappa shape index (κ2) is 5.93. The molecule has 0 aliphatic carbocycles. The minimum Gasteiger partial charge on any atom is -0.477 e. The number of amides is 1. The van der Waals surface area contributed by atoms with Crippen LogP contribution in [0.1, 0.15) is 24.5 Å². The van der Waals surface area contributed by atoms with Crippen LogP contribution in [0.15, 0.2) is 46.5 Å². The molecule has 1 amide bonds. The molecule has 1 aromatic heterocycles. The quantitative estimate of drug-likeness (QED) is 0.667. The summed E-state index contributed by atoms with van der Waals surface area (Å²) < 4.78 is 5.83. The third-order valence-electron chi connectivity index (χ3n) is 5.88. The molecule has 2 N–H and O–H groups in total. The van der Waals surface area contributed by atoms with Crippen molar-refractivity contribution in [1.82, 2.24) is 4.90 Å². The van der Waals surface area contributed by atoms with Crippen molar-refractivity contribution < 1.29 is 24.2 Å². The normalized spacial score (nSPS) is 22.0. The van der Waals surface area contributed by atoms with E-state index in [9.17, 15) is 25.1 Å². The summed E-state index contributed by atoms with van der Waals surface area (Å²) in [5.74, 6) is -2.20. The van der Waals surface area contributed by atoms with Gasteiger partial charge in [0.25, 0.3) is 0 Å². The molecule has 0 spiro atoms. The van der Waals surface area contributed by atoms with E-state index in [1.807, 2.05) is 30.3 Å². The van der Waals surface area contributed by atoms with E-state index in [1.54, 1.807) is 6.07 Å². The summed E-state index contributed by atoms with van der Waals surface area (Å²) in [4.78, 5) is 25.7. The molecule has 2 aliphatic heterocycles. The van der Waals surface area contributed by atoms with Crippen molar-refractivity contribution in [2.75, 3.05) is 0 Å². The lowest BCUT2D eigenvalue weighted by Gasteiger charge is -2.44. The van der Waals surface area contributed by atoms with Crippen LogP contribution >= 0.6 is 0 Å². The molecule has 0 saturated carbocycles. The Balaban J connectivity index is 1.73. The van der Waals surface area contributed by atoms with E-state index < -0.39 is 18.0 Å². The van der Waals surface area contributed by atoms with Gasteiger partial charge in [0.15, 0.2) is 5.58 Å². The minimum absolute atomic E-state index is 0.0760. The van der Waals surface area contributed by atoms with Crippen LogP contribution in [-0.2, 0) is 9.59 Å². The van der Waals surface area contributed by atoms with Crippen molar-refractivity contribution in [3.8, 4) is 6.07 Å². The first-order valence-corrected chi connectivity index (χ1v) is 9.25. The predicted octanol–water partition coefficient (Wildman–Crippen LogP) is 2.86. The fourth-order valence-electron chi connectivity index (χ4n) is 4.61. The van der Waals surface area contributed by atoms with Gasteiger partial charge in [-0.2, -0.15) is 5.26 Å². The van der Waals surface area contributed by atoms with E-state index in [0.717, 1.165) is 10.8 Å². The molecule has 1 saturated heterocycles. The third-order valence-corrected chi connectivity index (χ3v) is 5.88. The van der Waals surface area contributed by atoms with Gasteiger partial charge < -0.3 is 19.5 Å². The average Bonchev–Trinajstić information content (AvgIpc) is 3.23. The molecule has 3 heterocycles. The van der Waals surface area contributed by atoms with Gasteiger partial charge in [0.2, 0.25) is 5.91 Å². The van der Waals surface area contributed by atoms with Gasteiger partial charge in [-0.1, -0.05) is 18.2 Å². The van der Waals surface area contributed by atoms with Crippen molar-refractivity contribution >= 4 is 39.4 Å². The van der Waals surface area contributed by atoms with Gasteiger partial charge in [-0.05, 0) is 42.7 Å². The molecule has 1 fully saturated rings. The topological polar surface area (TPSA) is 115 Å². The van der Waals surface area contributed by atoms with Gasteiger partial charge in [-0.15, -0.1) is 0 Å². The van der Waals surface area contributed by atoms with Crippen molar-refractivity contribution in [2.24, 2.45) is 5.92 Å². The van der Waals surface area contributed by atoms with Crippen LogP contribution in [0, 0.1) is 17.2 Å². The largest absolute Gasteiger partial charge is 0.477 e. The summed E-state index contributed by atoms with van der Waals surface area (Å²) in [6.45, 7) is 1.54. The number of aliphatic carboxylic acids is 1. The van der Waals surface area contributed by atoms with Crippen LogP contribution < -0.4 is 0 Å². The number of benzene rings is 2. The first-order valence-electron chi connectivity index (χ1n) is 9.25. The zero-order valence-corrected chi connectivity index (χ0v) is 15.4. The number of nitrogens with zero attached hydrogens (tertiary/aromatic N) is 2.